The van der Waals surface area contributed by atoms with Crippen molar-refractivity contribution < 1.29 is 23.1 Å². The zero-order valence-electron chi connectivity index (χ0n) is 13.7. The molecule has 1 atom stereocenters. The summed E-state index contributed by atoms with van der Waals surface area (Å²) in [7, 11) is 0. The maximum absolute atomic E-state index is 13.7. The minimum absolute atomic E-state index is 0.0921. The van der Waals surface area contributed by atoms with Crippen LogP contribution in [0.2, 0.25) is 0 Å². The quantitative estimate of drug-likeness (QED) is 0.785. The molecule has 2 amide bonds. The van der Waals surface area contributed by atoms with Crippen molar-refractivity contribution in [3.63, 3.8) is 0 Å². The molecule has 1 unspecified atom stereocenters. The van der Waals surface area contributed by atoms with Crippen LogP contribution in [0.5, 0.6) is 0 Å². The number of aliphatic hydroxyl groups is 1. The highest BCUT2D eigenvalue weighted by Crippen LogP contribution is 2.23. The Hall–Kier alpha value is -2.41. The monoisotopic (exact) mass is 338 g/mol. The highest BCUT2D eigenvalue weighted by Gasteiger charge is 2.27. The standard InChI is InChI=1S/C17H20F2N2O3/c1-10-6-12(11(2)24-10)8-20-16(22)21-9-17(3,23)14-5-4-13(18)7-15(14)19/h4-7,23H,8-9H2,1-3H3,(H2,20,21,22). The van der Waals surface area contributed by atoms with Gasteiger partial charge in [-0.1, -0.05) is 6.07 Å². The summed E-state index contributed by atoms with van der Waals surface area (Å²) in [5.41, 5.74) is -0.915. The molecule has 5 nitrogen and oxygen atoms in total. The molecule has 0 fully saturated rings. The Morgan fingerprint density at radius 3 is 2.54 bits per heavy atom. The molecule has 0 aliphatic heterocycles. The Morgan fingerprint density at radius 1 is 1.25 bits per heavy atom. The van der Waals surface area contributed by atoms with Crippen LogP contribution in [0.25, 0.3) is 0 Å². The van der Waals surface area contributed by atoms with Crippen LogP contribution in [0.4, 0.5) is 13.6 Å². The van der Waals surface area contributed by atoms with Crippen LogP contribution in [0.15, 0.2) is 28.7 Å². The SMILES string of the molecule is Cc1cc(CNC(=O)NCC(C)(O)c2ccc(F)cc2F)c(C)o1. The number of nitrogens with one attached hydrogen (secondary N) is 2. The fraction of sp³-hybridized carbons (Fsp3) is 0.353. The van der Waals surface area contributed by atoms with E-state index in [9.17, 15) is 18.7 Å². The lowest BCUT2D eigenvalue weighted by molar-refractivity contribution is 0.0555. The van der Waals surface area contributed by atoms with Crippen molar-refractivity contribution in [2.45, 2.75) is 32.9 Å². The molecular weight excluding hydrogens is 318 g/mol. The predicted molar refractivity (Wildman–Crippen MR) is 84.3 cm³/mol. The number of carbonyl (C=O) groups excluding carboxylic acids is 1. The lowest BCUT2D eigenvalue weighted by Crippen LogP contribution is -2.43. The lowest BCUT2D eigenvalue weighted by atomic mass is 9.95. The molecule has 24 heavy (non-hydrogen) atoms. The molecule has 0 spiro atoms. The van der Waals surface area contributed by atoms with E-state index in [2.05, 4.69) is 10.6 Å². The van der Waals surface area contributed by atoms with Gasteiger partial charge in [-0.15, -0.1) is 0 Å². The van der Waals surface area contributed by atoms with Gasteiger partial charge < -0.3 is 20.2 Å². The highest BCUT2D eigenvalue weighted by molar-refractivity contribution is 5.74. The van der Waals surface area contributed by atoms with E-state index in [0.717, 1.165) is 23.5 Å². The number of furan rings is 1. The molecule has 1 heterocycles. The largest absolute Gasteiger partial charge is 0.466 e. The van der Waals surface area contributed by atoms with Gasteiger partial charge in [0, 0.05) is 23.7 Å². The summed E-state index contributed by atoms with van der Waals surface area (Å²) < 4.78 is 32.0. The Labute approximate surface area is 138 Å². The Kier molecular flexibility index (Phi) is 5.23. The van der Waals surface area contributed by atoms with E-state index in [1.165, 1.54) is 6.92 Å². The van der Waals surface area contributed by atoms with Crippen LogP contribution in [0.3, 0.4) is 0 Å². The van der Waals surface area contributed by atoms with Crippen LogP contribution in [0, 0.1) is 25.5 Å². The van der Waals surface area contributed by atoms with Gasteiger partial charge in [0.25, 0.3) is 0 Å². The molecule has 130 valence electrons. The molecule has 1 aromatic carbocycles. The molecule has 0 saturated carbocycles. The first-order valence-corrected chi connectivity index (χ1v) is 7.44. The predicted octanol–water partition coefficient (Wildman–Crippen LogP) is 2.88. The van der Waals surface area contributed by atoms with E-state index >= 15 is 0 Å². The summed E-state index contributed by atoms with van der Waals surface area (Å²) >= 11 is 0. The number of amides is 2. The molecule has 0 radical (unpaired) electrons. The minimum Gasteiger partial charge on any atom is -0.466 e. The van der Waals surface area contributed by atoms with Gasteiger partial charge in [-0.2, -0.15) is 0 Å². The summed E-state index contributed by atoms with van der Waals surface area (Å²) in [6.45, 7) is 4.98. The van der Waals surface area contributed by atoms with Gasteiger partial charge in [0.1, 0.15) is 28.8 Å². The average Bonchev–Trinajstić information content (AvgIpc) is 2.80. The van der Waals surface area contributed by atoms with E-state index in [-0.39, 0.29) is 18.7 Å². The Balaban J connectivity index is 1.91. The van der Waals surface area contributed by atoms with E-state index < -0.39 is 23.3 Å². The number of rotatable bonds is 5. The first-order chi connectivity index (χ1) is 11.2. The van der Waals surface area contributed by atoms with Gasteiger partial charge in [-0.3, -0.25) is 0 Å². The summed E-state index contributed by atoms with van der Waals surface area (Å²) in [5.74, 6) is -0.136. The first kappa shape index (κ1) is 17.9. The molecule has 3 N–H and O–H groups in total. The van der Waals surface area contributed by atoms with E-state index in [4.69, 9.17) is 4.42 Å². The van der Waals surface area contributed by atoms with Crippen molar-refractivity contribution in [3.05, 3.63) is 58.5 Å². The summed E-state index contributed by atoms with van der Waals surface area (Å²) in [4.78, 5) is 11.8. The first-order valence-electron chi connectivity index (χ1n) is 7.44. The van der Waals surface area contributed by atoms with E-state index in [1.807, 2.05) is 13.0 Å². The minimum atomic E-state index is -1.67. The molecule has 1 aromatic heterocycles. The van der Waals surface area contributed by atoms with Crippen molar-refractivity contribution in [3.8, 4) is 0 Å². The second-order valence-electron chi connectivity index (χ2n) is 5.87. The van der Waals surface area contributed by atoms with Gasteiger partial charge in [0.05, 0.1) is 6.54 Å². The van der Waals surface area contributed by atoms with Crippen molar-refractivity contribution >= 4 is 6.03 Å². The molecular formula is C17H20F2N2O3. The second kappa shape index (κ2) is 7.00. The van der Waals surface area contributed by atoms with Gasteiger partial charge in [0.15, 0.2) is 0 Å². The van der Waals surface area contributed by atoms with Crippen LogP contribution in [-0.2, 0) is 12.1 Å². The van der Waals surface area contributed by atoms with Crippen molar-refractivity contribution in [2.75, 3.05) is 6.54 Å². The number of hydrogen-bond acceptors (Lipinski definition) is 3. The molecule has 0 aliphatic rings. The number of carbonyl (C=O) groups is 1. The number of hydrogen-bond donors (Lipinski definition) is 3. The molecule has 0 bridgehead atoms. The molecule has 2 aromatic rings. The van der Waals surface area contributed by atoms with Crippen LogP contribution >= 0.6 is 0 Å². The van der Waals surface area contributed by atoms with Crippen LogP contribution in [0.1, 0.15) is 29.6 Å². The topological polar surface area (TPSA) is 74.5 Å². The third kappa shape index (κ3) is 4.32. The van der Waals surface area contributed by atoms with Gasteiger partial charge >= 0.3 is 6.03 Å². The zero-order valence-corrected chi connectivity index (χ0v) is 13.7. The summed E-state index contributed by atoms with van der Waals surface area (Å²) in [6, 6.07) is 4.20. The Bertz CT molecular complexity index is 741. The lowest BCUT2D eigenvalue weighted by Gasteiger charge is -2.24. The summed E-state index contributed by atoms with van der Waals surface area (Å²) in [6.07, 6.45) is 0. The van der Waals surface area contributed by atoms with Crippen LogP contribution in [-0.4, -0.2) is 17.7 Å². The average molecular weight is 338 g/mol. The fourth-order valence-electron chi connectivity index (χ4n) is 2.37. The normalized spacial score (nSPS) is 13.4. The van der Waals surface area contributed by atoms with Crippen LogP contribution < -0.4 is 10.6 Å². The number of benzene rings is 1. The number of halogens is 2. The third-order valence-corrected chi connectivity index (χ3v) is 3.69. The molecule has 0 aliphatic carbocycles. The maximum Gasteiger partial charge on any atom is 0.315 e. The maximum atomic E-state index is 13.7. The third-order valence-electron chi connectivity index (χ3n) is 3.69. The molecule has 2 rings (SSSR count). The zero-order chi connectivity index (χ0) is 17.9. The van der Waals surface area contributed by atoms with Crippen molar-refractivity contribution in [1.82, 2.24) is 10.6 Å². The number of aryl methyl sites for hydroxylation is 2. The summed E-state index contributed by atoms with van der Waals surface area (Å²) in [5, 5.41) is 15.4. The fourth-order valence-corrected chi connectivity index (χ4v) is 2.37. The van der Waals surface area contributed by atoms with E-state index in [1.54, 1.807) is 6.92 Å². The van der Waals surface area contributed by atoms with Crippen molar-refractivity contribution in [1.29, 1.82) is 0 Å². The number of urea groups is 1. The highest BCUT2D eigenvalue weighted by atomic mass is 19.1. The second-order valence-corrected chi connectivity index (χ2v) is 5.87. The smallest absolute Gasteiger partial charge is 0.315 e. The molecule has 0 saturated heterocycles. The van der Waals surface area contributed by atoms with Gasteiger partial charge in [0.2, 0.25) is 0 Å². The van der Waals surface area contributed by atoms with Gasteiger partial charge in [-0.25, -0.2) is 13.6 Å². The Morgan fingerprint density at radius 2 is 1.96 bits per heavy atom. The molecule has 7 heteroatoms. The van der Waals surface area contributed by atoms with Crippen molar-refractivity contribution in [2.24, 2.45) is 0 Å². The van der Waals surface area contributed by atoms with Gasteiger partial charge in [-0.05, 0) is 32.9 Å². The van der Waals surface area contributed by atoms with E-state index in [0.29, 0.717) is 11.8 Å².